The van der Waals surface area contributed by atoms with Gasteiger partial charge in [-0.1, -0.05) is 35.5 Å². The van der Waals surface area contributed by atoms with Crippen LogP contribution in [0, 0.1) is 0 Å². The van der Waals surface area contributed by atoms with E-state index in [0.717, 1.165) is 36.7 Å². The van der Waals surface area contributed by atoms with E-state index in [-0.39, 0.29) is 0 Å². The summed E-state index contributed by atoms with van der Waals surface area (Å²) in [6.45, 7) is 7.40. The summed E-state index contributed by atoms with van der Waals surface area (Å²) in [5.74, 6) is 0.844. The summed E-state index contributed by atoms with van der Waals surface area (Å²) in [4.78, 5) is 2.45. The zero-order valence-corrected chi connectivity index (χ0v) is 12.0. The maximum atomic E-state index is 5.46. The molecule has 0 bridgehead atoms. The Bertz CT molecular complexity index is 552. The highest BCUT2D eigenvalue weighted by Crippen LogP contribution is 2.21. The molecule has 0 saturated carbocycles. The van der Waals surface area contributed by atoms with Crippen LogP contribution in [0.2, 0.25) is 0 Å². The van der Waals surface area contributed by atoms with Crippen molar-refractivity contribution in [2.45, 2.75) is 32.5 Å². The van der Waals surface area contributed by atoms with Crippen LogP contribution in [0.25, 0.3) is 11.3 Å². The molecule has 2 aromatic rings. The summed E-state index contributed by atoms with van der Waals surface area (Å²) in [5, 5.41) is 7.70. The van der Waals surface area contributed by atoms with Gasteiger partial charge in [-0.3, -0.25) is 4.90 Å². The molecule has 0 spiro atoms. The van der Waals surface area contributed by atoms with Crippen molar-refractivity contribution in [1.82, 2.24) is 15.4 Å². The lowest BCUT2D eigenvalue weighted by Gasteiger charge is -2.36. The highest BCUT2D eigenvalue weighted by Gasteiger charge is 2.23. The Morgan fingerprint density at radius 2 is 2.10 bits per heavy atom. The predicted octanol–water partition coefficient (Wildman–Crippen LogP) is 2.52. The van der Waals surface area contributed by atoms with E-state index in [4.69, 9.17) is 4.52 Å². The van der Waals surface area contributed by atoms with Crippen LogP contribution in [-0.2, 0) is 6.54 Å². The second kappa shape index (κ2) is 5.77. The number of piperazine rings is 1. The number of nitrogens with one attached hydrogen (secondary N) is 1. The molecule has 4 heteroatoms. The zero-order valence-electron chi connectivity index (χ0n) is 12.0. The van der Waals surface area contributed by atoms with Crippen LogP contribution < -0.4 is 5.32 Å². The normalized spacial score (nSPS) is 23.9. The monoisotopic (exact) mass is 271 g/mol. The first-order valence-electron chi connectivity index (χ1n) is 7.21. The maximum Gasteiger partial charge on any atom is 0.167 e. The summed E-state index contributed by atoms with van der Waals surface area (Å²) in [7, 11) is 0. The largest absolute Gasteiger partial charge is 0.356 e. The lowest BCUT2D eigenvalue weighted by molar-refractivity contribution is 0.135. The Balaban J connectivity index is 1.71. The molecular formula is C16H21N3O. The molecule has 1 aliphatic heterocycles. The fourth-order valence-corrected chi connectivity index (χ4v) is 2.65. The topological polar surface area (TPSA) is 41.3 Å². The van der Waals surface area contributed by atoms with Gasteiger partial charge in [-0.25, -0.2) is 0 Å². The summed E-state index contributed by atoms with van der Waals surface area (Å²) in [5.41, 5.74) is 2.08. The standard InChI is InChI=1S/C16H21N3O/c1-12-10-19(13(2)9-17-12)11-15-8-16(20-18-15)14-6-4-3-5-7-14/h3-8,12-13,17H,9-11H2,1-2H3. The van der Waals surface area contributed by atoms with Crippen molar-refractivity contribution in [2.24, 2.45) is 0 Å². The van der Waals surface area contributed by atoms with Gasteiger partial charge in [0.1, 0.15) is 0 Å². The summed E-state index contributed by atoms with van der Waals surface area (Å²) < 4.78 is 5.46. The molecule has 20 heavy (non-hydrogen) atoms. The zero-order chi connectivity index (χ0) is 13.9. The van der Waals surface area contributed by atoms with E-state index in [1.54, 1.807) is 0 Å². The predicted molar refractivity (Wildman–Crippen MR) is 79.3 cm³/mol. The number of nitrogens with zero attached hydrogens (tertiary/aromatic N) is 2. The molecular weight excluding hydrogens is 250 g/mol. The molecule has 1 aliphatic rings. The third-order valence-electron chi connectivity index (χ3n) is 3.88. The summed E-state index contributed by atoms with van der Waals surface area (Å²) in [6, 6.07) is 13.2. The average Bonchev–Trinajstić information content (AvgIpc) is 2.92. The Morgan fingerprint density at radius 3 is 2.90 bits per heavy atom. The molecule has 1 aromatic heterocycles. The molecule has 3 rings (SSSR count). The number of rotatable bonds is 3. The highest BCUT2D eigenvalue weighted by molar-refractivity contribution is 5.56. The van der Waals surface area contributed by atoms with Gasteiger partial charge in [-0.2, -0.15) is 0 Å². The first kappa shape index (κ1) is 13.3. The van der Waals surface area contributed by atoms with Crippen molar-refractivity contribution in [1.29, 1.82) is 0 Å². The lowest BCUT2D eigenvalue weighted by atomic mass is 10.1. The van der Waals surface area contributed by atoms with Crippen molar-refractivity contribution < 1.29 is 4.52 Å². The minimum absolute atomic E-state index is 0.531. The fraction of sp³-hybridized carbons (Fsp3) is 0.438. The Labute approximate surface area is 119 Å². The van der Waals surface area contributed by atoms with Crippen molar-refractivity contribution in [3.05, 3.63) is 42.1 Å². The van der Waals surface area contributed by atoms with Crippen LogP contribution >= 0.6 is 0 Å². The SMILES string of the molecule is CC1CN(Cc2cc(-c3ccccc3)on2)C(C)CN1. The number of hydrogen-bond acceptors (Lipinski definition) is 4. The molecule has 106 valence electrons. The molecule has 2 unspecified atom stereocenters. The van der Waals surface area contributed by atoms with Gasteiger partial charge in [0, 0.05) is 43.3 Å². The Kier molecular flexibility index (Phi) is 3.85. The first-order valence-corrected chi connectivity index (χ1v) is 7.21. The van der Waals surface area contributed by atoms with Crippen LogP contribution in [0.1, 0.15) is 19.5 Å². The quantitative estimate of drug-likeness (QED) is 0.931. The van der Waals surface area contributed by atoms with Crippen LogP contribution in [0.4, 0.5) is 0 Å². The maximum absolute atomic E-state index is 5.46. The van der Waals surface area contributed by atoms with E-state index in [0.29, 0.717) is 12.1 Å². The molecule has 4 nitrogen and oxygen atoms in total. The lowest BCUT2D eigenvalue weighted by Crippen LogP contribution is -2.53. The van der Waals surface area contributed by atoms with Crippen molar-refractivity contribution in [2.75, 3.05) is 13.1 Å². The minimum Gasteiger partial charge on any atom is -0.356 e. The number of aromatic nitrogens is 1. The third kappa shape index (κ3) is 2.92. The number of benzene rings is 1. The highest BCUT2D eigenvalue weighted by atomic mass is 16.5. The van der Waals surface area contributed by atoms with Crippen LogP contribution in [-0.4, -0.2) is 35.2 Å². The molecule has 2 heterocycles. The van der Waals surface area contributed by atoms with Gasteiger partial charge in [0.15, 0.2) is 5.76 Å². The van der Waals surface area contributed by atoms with Gasteiger partial charge in [-0.15, -0.1) is 0 Å². The Hall–Kier alpha value is -1.65. The van der Waals surface area contributed by atoms with Crippen LogP contribution in [0.5, 0.6) is 0 Å². The third-order valence-corrected chi connectivity index (χ3v) is 3.88. The van der Waals surface area contributed by atoms with E-state index in [1.807, 2.05) is 30.3 Å². The van der Waals surface area contributed by atoms with Crippen LogP contribution in [0.15, 0.2) is 40.9 Å². The minimum atomic E-state index is 0.531. The fourth-order valence-electron chi connectivity index (χ4n) is 2.65. The Morgan fingerprint density at radius 1 is 1.30 bits per heavy atom. The van der Waals surface area contributed by atoms with E-state index < -0.39 is 0 Å². The molecule has 2 atom stereocenters. The molecule has 0 aliphatic carbocycles. The van der Waals surface area contributed by atoms with Gasteiger partial charge in [-0.05, 0) is 13.8 Å². The molecule has 0 amide bonds. The molecule has 1 N–H and O–H groups in total. The van der Waals surface area contributed by atoms with Gasteiger partial charge in [0.25, 0.3) is 0 Å². The van der Waals surface area contributed by atoms with Gasteiger partial charge in [0.2, 0.25) is 0 Å². The molecule has 0 radical (unpaired) electrons. The van der Waals surface area contributed by atoms with E-state index in [2.05, 4.69) is 35.3 Å². The van der Waals surface area contributed by atoms with Crippen molar-refractivity contribution >= 4 is 0 Å². The van der Waals surface area contributed by atoms with Gasteiger partial charge in [0.05, 0.1) is 5.69 Å². The van der Waals surface area contributed by atoms with Crippen molar-refractivity contribution in [3.63, 3.8) is 0 Å². The van der Waals surface area contributed by atoms with E-state index in [1.165, 1.54) is 0 Å². The van der Waals surface area contributed by atoms with E-state index >= 15 is 0 Å². The molecule has 1 aromatic carbocycles. The summed E-state index contributed by atoms with van der Waals surface area (Å²) in [6.07, 6.45) is 0. The molecule has 1 saturated heterocycles. The summed E-state index contributed by atoms with van der Waals surface area (Å²) >= 11 is 0. The number of hydrogen-bond donors (Lipinski definition) is 1. The van der Waals surface area contributed by atoms with Crippen LogP contribution in [0.3, 0.4) is 0 Å². The first-order chi connectivity index (χ1) is 9.72. The van der Waals surface area contributed by atoms with Gasteiger partial charge >= 0.3 is 0 Å². The smallest absolute Gasteiger partial charge is 0.167 e. The molecule has 1 fully saturated rings. The van der Waals surface area contributed by atoms with Gasteiger partial charge < -0.3 is 9.84 Å². The second-order valence-corrected chi connectivity index (χ2v) is 5.64. The van der Waals surface area contributed by atoms with Crippen molar-refractivity contribution in [3.8, 4) is 11.3 Å². The average molecular weight is 271 g/mol. The van der Waals surface area contributed by atoms with E-state index in [9.17, 15) is 0 Å². The second-order valence-electron chi connectivity index (χ2n) is 5.64.